The van der Waals surface area contributed by atoms with Gasteiger partial charge in [-0.2, -0.15) is 36.4 Å². The van der Waals surface area contributed by atoms with Crippen LogP contribution in [0.3, 0.4) is 0 Å². The van der Waals surface area contributed by atoms with Crippen LogP contribution in [0.5, 0.6) is 11.5 Å². The number of ether oxygens (including phenoxy) is 1. The second-order valence-corrected chi connectivity index (χ2v) is 2.56. The summed E-state index contributed by atoms with van der Waals surface area (Å²) in [5.41, 5.74) is 0. The second-order valence-electron chi connectivity index (χ2n) is 2.56. The van der Waals surface area contributed by atoms with E-state index in [1.807, 2.05) is 104 Å². The molecule has 0 heterocycles. The molecule has 0 unspecified atom stereocenters. The van der Waals surface area contributed by atoms with E-state index in [9.17, 15) is 0 Å². The Bertz CT molecular complexity index is 322. The molecule has 0 aliphatic heterocycles. The van der Waals surface area contributed by atoms with E-state index in [2.05, 4.69) is 12.1 Å². The molecule has 0 atom stereocenters. The predicted octanol–water partition coefficient (Wildman–Crippen LogP) is 7.18. The Morgan fingerprint density at radius 1 is 0.591 bits per heavy atom. The number of hydrogen-bond donors (Lipinski definition) is 0. The second kappa shape index (κ2) is 28.5. The molecule has 0 aromatic heterocycles. The fourth-order valence-electron chi connectivity index (χ4n) is 0.999. The summed E-state index contributed by atoms with van der Waals surface area (Å²) in [7, 11) is 0. The third-order valence-electron chi connectivity index (χ3n) is 1.58. The van der Waals surface area contributed by atoms with Crippen LogP contribution in [0.15, 0.2) is 48.5 Å². The molecule has 0 fully saturated rings. The first-order chi connectivity index (χ1) is 10.4. The SMILES string of the molecule is CC.CC.CC.CC.[Y].[c-]1ccccc1Oc1[c-]cccc1. The van der Waals surface area contributed by atoms with Crippen LogP contribution in [-0.2, 0) is 32.7 Å². The van der Waals surface area contributed by atoms with Gasteiger partial charge in [-0.15, -0.1) is 24.3 Å². The average molecular weight is 377 g/mol. The van der Waals surface area contributed by atoms with Crippen molar-refractivity contribution in [3.05, 3.63) is 60.7 Å². The molecule has 2 aromatic carbocycles. The molecule has 0 saturated heterocycles. The predicted molar refractivity (Wildman–Crippen MR) is 96.0 cm³/mol. The fourth-order valence-corrected chi connectivity index (χ4v) is 0.999. The summed E-state index contributed by atoms with van der Waals surface area (Å²) in [4.78, 5) is 0. The summed E-state index contributed by atoms with van der Waals surface area (Å²) >= 11 is 0. The van der Waals surface area contributed by atoms with E-state index in [1.165, 1.54) is 0 Å². The molecule has 0 spiro atoms. The third-order valence-corrected chi connectivity index (χ3v) is 1.58. The molecule has 0 aliphatic rings. The summed E-state index contributed by atoms with van der Waals surface area (Å²) in [6.07, 6.45) is 0. The van der Waals surface area contributed by atoms with E-state index < -0.39 is 0 Å². The maximum atomic E-state index is 5.47. The van der Waals surface area contributed by atoms with Gasteiger partial charge in [-0.1, -0.05) is 55.4 Å². The molecule has 0 N–H and O–H groups in total. The smallest absolute Gasteiger partial charge is 0.0127 e. The van der Waals surface area contributed by atoms with Crippen LogP contribution in [0.1, 0.15) is 55.4 Å². The van der Waals surface area contributed by atoms with Crippen molar-refractivity contribution in [2.24, 2.45) is 0 Å². The minimum Gasteiger partial charge on any atom is -0.509 e. The van der Waals surface area contributed by atoms with Crippen molar-refractivity contribution in [2.45, 2.75) is 55.4 Å². The quantitative estimate of drug-likeness (QED) is 0.504. The first-order valence-corrected chi connectivity index (χ1v) is 8.06. The van der Waals surface area contributed by atoms with Crippen LogP contribution in [0.2, 0.25) is 0 Å². The molecule has 2 heteroatoms. The molecule has 0 aliphatic carbocycles. The van der Waals surface area contributed by atoms with E-state index in [0.717, 1.165) is 0 Å². The topological polar surface area (TPSA) is 9.23 Å². The van der Waals surface area contributed by atoms with Crippen molar-refractivity contribution in [3.8, 4) is 11.5 Å². The summed E-state index contributed by atoms with van der Waals surface area (Å²) in [5.74, 6) is 1.43. The zero-order chi connectivity index (χ0) is 16.9. The van der Waals surface area contributed by atoms with Crippen LogP contribution >= 0.6 is 0 Å². The molecule has 22 heavy (non-hydrogen) atoms. The fraction of sp³-hybridized carbons (Fsp3) is 0.400. The van der Waals surface area contributed by atoms with Gasteiger partial charge in [-0.05, 0) is 0 Å². The van der Waals surface area contributed by atoms with Gasteiger partial charge in [0.25, 0.3) is 0 Å². The van der Waals surface area contributed by atoms with Crippen molar-refractivity contribution < 1.29 is 37.4 Å². The van der Waals surface area contributed by atoms with Gasteiger partial charge < -0.3 is 4.74 Å². The van der Waals surface area contributed by atoms with E-state index in [4.69, 9.17) is 4.74 Å². The molecule has 1 nitrogen and oxygen atoms in total. The minimum absolute atomic E-state index is 0. The molecule has 1 radical (unpaired) electrons. The van der Waals surface area contributed by atoms with Crippen LogP contribution in [0.4, 0.5) is 0 Å². The number of rotatable bonds is 2. The van der Waals surface area contributed by atoms with Crippen LogP contribution in [-0.4, -0.2) is 0 Å². The van der Waals surface area contributed by atoms with E-state index in [-0.39, 0.29) is 32.7 Å². The molecular formula is C20H32OY-2. The van der Waals surface area contributed by atoms with Crippen molar-refractivity contribution in [2.75, 3.05) is 0 Å². The van der Waals surface area contributed by atoms with Gasteiger partial charge in [0, 0.05) is 44.2 Å². The Hall–Kier alpha value is -0.656. The molecule has 0 saturated carbocycles. The van der Waals surface area contributed by atoms with Gasteiger partial charge in [0.15, 0.2) is 0 Å². The Morgan fingerprint density at radius 2 is 0.909 bits per heavy atom. The number of para-hydroxylation sites is 2. The summed E-state index contributed by atoms with van der Waals surface area (Å²) in [6.45, 7) is 16.0. The first kappa shape index (κ1) is 29.4. The molecule has 2 aromatic rings. The zero-order valence-electron chi connectivity index (χ0n) is 15.6. The van der Waals surface area contributed by atoms with Crippen LogP contribution in [0, 0.1) is 12.1 Å². The zero-order valence-corrected chi connectivity index (χ0v) is 18.4. The maximum absolute atomic E-state index is 5.47. The minimum atomic E-state index is 0. The Morgan fingerprint density at radius 3 is 1.14 bits per heavy atom. The van der Waals surface area contributed by atoms with Gasteiger partial charge in [-0.25, -0.2) is 0 Å². The summed E-state index contributed by atoms with van der Waals surface area (Å²) < 4.78 is 5.47. The van der Waals surface area contributed by atoms with E-state index in [1.54, 1.807) is 0 Å². The van der Waals surface area contributed by atoms with Crippen molar-refractivity contribution >= 4 is 0 Å². The van der Waals surface area contributed by atoms with Gasteiger partial charge in [0.1, 0.15) is 0 Å². The monoisotopic (exact) mass is 377 g/mol. The van der Waals surface area contributed by atoms with Gasteiger partial charge in [-0.3, -0.25) is 0 Å². The molecule has 0 bridgehead atoms. The van der Waals surface area contributed by atoms with E-state index >= 15 is 0 Å². The summed E-state index contributed by atoms with van der Waals surface area (Å²) in [6, 6.07) is 20.9. The van der Waals surface area contributed by atoms with Crippen LogP contribution in [0.25, 0.3) is 0 Å². The van der Waals surface area contributed by atoms with Gasteiger partial charge in [0.2, 0.25) is 0 Å². The van der Waals surface area contributed by atoms with Crippen molar-refractivity contribution in [1.82, 2.24) is 0 Å². The Balaban J connectivity index is -0.000000158. The molecule has 2 rings (SSSR count). The van der Waals surface area contributed by atoms with Crippen molar-refractivity contribution in [1.29, 1.82) is 0 Å². The van der Waals surface area contributed by atoms with Gasteiger partial charge in [0.05, 0.1) is 0 Å². The van der Waals surface area contributed by atoms with Crippen LogP contribution < -0.4 is 4.74 Å². The standard InChI is InChI=1S/C12H8O.4C2H6.Y/c1-3-7-11(8-4-1)13-12-9-5-2-6-10-12;4*1-2;/h1-7,9H;4*1-2H3;/q-2;;;;;. The maximum Gasteiger partial charge on any atom is 0.0127 e. The van der Waals surface area contributed by atoms with E-state index in [0.29, 0.717) is 11.5 Å². The summed E-state index contributed by atoms with van der Waals surface area (Å²) in [5, 5.41) is 0. The molecule has 123 valence electrons. The number of benzene rings is 2. The largest absolute Gasteiger partial charge is 0.509 e. The van der Waals surface area contributed by atoms with Gasteiger partial charge >= 0.3 is 0 Å². The normalized spacial score (nSPS) is 6.73. The average Bonchev–Trinajstić information content (AvgIpc) is 2.64. The number of hydrogen-bond acceptors (Lipinski definition) is 1. The Kier molecular flexibility index (Phi) is 38.0. The first-order valence-electron chi connectivity index (χ1n) is 8.06. The third kappa shape index (κ3) is 17.4. The Labute approximate surface area is 164 Å². The van der Waals surface area contributed by atoms with Crippen molar-refractivity contribution in [3.63, 3.8) is 0 Å². The molecule has 0 amide bonds. The molecular weight excluding hydrogens is 345 g/mol.